The average molecular weight is 451 g/mol. The molecule has 1 aromatic rings. The molecule has 1 aliphatic heterocycles. The van der Waals surface area contributed by atoms with Crippen LogP contribution in [-0.2, 0) is 9.53 Å². The van der Waals surface area contributed by atoms with Crippen LogP contribution >= 0.6 is 11.3 Å². The van der Waals surface area contributed by atoms with Crippen molar-refractivity contribution < 1.29 is 24.2 Å². The minimum atomic E-state index is -0.890. The summed E-state index contributed by atoms with van der Waals surface area (Å²) in [6, 6.07) is 1.79. The van der Waals surface area contributed by atoms with E-state index in [2.05, 4.69) is 6.92 Å². The molecule has 2 fully saturated rings. The highest BCUT2D eigenvalue weighted by Crippen LogP contribution is 2.42. The van der Waals surface area contributed by atoms with E-state index in [1.54, 1.807) is 4.90 Å². The first-order chi connectivity index (χ1) is 14.7. The van der Waals surface area contributed by atoms with Crippen LogP contribution in [0.2, 0.25) is 0 Å². The standard InChI is InChI=1S/C23H34N2O5S/c1-14(2)25(20(26)17-7-5-15(3)6-8-17)21-18(22(27)30-4)13-19(31-21)16-9-11-24(12-10-16)23(28)29/h13-17H,5-12H2,1-4H3,(H,28,29). The zero-order valence-electron chi connectivity index (χ0n) is 18.9. The van der Waals surface area contributed by atoms with Crippen LogP contribution in [0.5, 0.6) is 0 Å². The maximum atomic E-state index is 13.5. The topological polar surface area (TPSA) is 87.2 Å². The van der Waals surface area contributed by atoms with Crippen LogP contribution in [0.3, 0.4) is 0 Å². The number of ether oxygens (including phenoxy) is 1. The normalized spacial score (nSPS) is 22.4. The van der Waals surface area contributed by atoms with Crippen LogP contribution in [-0.4, -0.2) is 54.2 Å². The minimum Gasteiger partial charge on any atom is -0.465 e. The molecule has 1 N–H and O–H groups in total. The monoisotopic (exact) mass is 450 g/mol. The van der Waals surface area contributed by atoms with Gasteiger partial charge in [0.15, 0.2) is 0 Å². The first-order valence-electron chi connectivity index (χ1n) is 11.3. The second kappa shape index (κ2) is 10.0. The number of thiophene rings is 1. The van der Waals surface area contributed by atoms with Crippen molar-refractivity contribution >= 4 is 34.3 Å². The minimum absolute atomic E-state index is 0.00606. The summed E-state index contributed by atoms with van der Waals surface area (Å²) in [6.07, 6.45) is 4.43. The smallest absolute Gasteiger partial charge is 0.407 e. The Labute approximate surface area is 188 Å². The van der Waals surface area contributed by atoms with Gasteiger partial charge in [-0.15, -0.1) is 11.3 Å². The van der Waals surface area contributed by atoms with Crippen molar-refractivity contribution in [2.75, 3.05) is 25.1 Å². The Hall–Kier alpha value is -2.09. The molecule has 172 valence electrons. The van der Waals surface area contributed by atoms with Gasteiger partial charge in [0, 0.05) is 29.9 Å². The maximum absolute atomic E-state index is 13.5. The number of hydrogen-bond acceptors (Lipinski definition) is 5. The Morgan fingerprint density at radius 3 is 2.26 bits per heavy atom. The van der Waals surface area contributed by atoms with Crippen LogP contribution in [0.15, 0.2) is 6.07 Å². The number of amides is 2. The van der Waals surface area contributed by atoms with E-state index in [-0.39, 0.29) is 23.8 Å². The first kappa shape index (κ1) is 23.6. The molecule has 31 heavy (non-hydrogen) atoms. The van der Waals surface area contributed by atoms with Crippen molar-refractivity contribution in [1.29, 1.82) is 0 Å². The second-order valence-corrected chi connectivity index (χ2v) is 10.2. The SMILES string of the molecule is COC(=O)c1cc(C2CCN(C(=O)O)CC2)sc1N(C(=O)C1CCC(C)CC1)C(C)C. The zero-order chi connectivity index (χ0) is 22.7. The van der Waals surface area contributed by atoms with E-state index in [1.807, 2.05) is 19.9 Å². The van der Waals surface area contributed by atoms with E-state index in [9.17, 15) is 19.5 Å². The number of carbonyl (C=O) groups excluding carboxylic acids is 2. The van der Waals surface area contributed by atoms with Crippen LogP contribution < -0.4 is 4.90 Å². The number of nitrogens with zero attached hydrogens (tertiary/aromatic N) is 2. The molecule has 1 saturated heterocycles. The molecule has 2 amide bonds. The van der Waals surface area contributed by atoms with Gasteiger partial charge in [0.05, 0.1) is 12.7 Å². The molecule has 0 atom stereocenters. The van der Waals surface area contributed by atoms with Gasteiger partial charge in [0.1, 0.15) is 5.00 Å². The van der Waals surface area contributed by atoms with Gasteiger partial charge in [-0.25, -0.2) is 9.59 Å². The lowest BCUT2D eigenvalue weighted by molar-refractivity contribution is -0.123. The van der Waals surface area contributed by atoms with Gasteiger partial charge in [-0.2, -0.15) is 0 Å². The number of piperidine rings is 1. The van der Waals surface area contributed by atoms with E-state index in [1.165, 1.54) is 23.3 Å². The molecule has 1 aliphatic carbocycles. The molecule has 0 bridgehead atoms. The fourth-order valence-corrected chi connectivity index (χ4v) is 6.14. The number of hydrogen-bond donors (Lipinski definition) is 1. The Kier molecular flexibility index (Phi) is 7.62. The molecule has 3 rings (SSSR count). The predicted octanol–water partition coefficient (Wildman–Crippen LogP) is 4.96. The fraction of sp³-hybridized carbons (Fsp3) is 0.696. The highest BCUT2D eigenvalue weighted by atomic mass is 32.1. The molecule has 2 aliphatic rings. The molecular weight excluding hydrogens is 416 g/mol. The third-order valence-corrected chi connectivity index (χ3v) is 7.94. The molecule has 2 heterocycles. The highest BCUT2D eigenvalue weighted by molar-refractivity contribution is 7.16. The predicted molar refractivity (Wildman–Crippen MR) is 121 cm³/mol. The Morgan fingerprint density at radius 1 is 1.13 bits per heavy atom. The van der Waals surface area contributed by atoms with Crippen molar-refractivity contribution in [2.45, 2.75) is 71.3 Å². The number of carboxylic acid groups (broad SMARTS) is 1. The molecule has 8 heteroatoms. The maximum Gasteiger partial charge on any atom is 0.407 e. The summed E-state index contributed by atoms with van der Waals surface area (Å²) in [4.78, 5) is 41.6. The molecule has 0 unspecified atom stereocenters. The summed E-state index contributed by atoms with van der Waals surface area (Å²) < 4.78 is 5.04. The van der Waals surface area contributed by atoms with Crippen molar-refractivity contribution in [3.8, 4) is 0 Å². The van der Waals surface area contributed by atoms with E-state index in [0.717, 1.165) is 30.6 Å². The molecule has 0 radical (unpaired) electrons. The van der Waals surface area contributed by atoms with Gasteiger partial charge in [0.25, 0.3) is 0 Å². The molecule has 0 spiro atoms. The van der Waals surface area contributed by atoms with Crippen LogP contribution in [0.4, 0.5) is 9.80 Å². The van der Waals surface area contributed by atoms with Crippen molar-refractivity contribution in [3.63, 3.8) is 0 Å². The van der Waals surface area contributed by atoms with Crippen LogP contribution in [0, 0.1) is 11.8 Å². The van der Waals surface area contributed by atoms with Gasteiger partial charge in [-0.3, -0.25) is 4.79 Å². The van der Waals surface area contributed by atoms with E-state index in [0.29, 0.717) is 42.4 Å². The van der Waals surface area contributed by atoms with E-state index < -0.39 is 12.1 Å². The summed E-state index contributed by atoms with van der Waals surface area (Å²) in [5.41, 5.74) is 0.439. The average Bonchev–Trinajstić information content (AvgIpc) is 3.18. The first-order valence-corrected chi connectivity index (χ1v) is 12.1. The number of esters is 1. The Morgan fingerprint density at radius 2 is 1.74 bits per heavy atom. The Balaban J connectivity index is 1.89. The molecule has 1 aromatic heterocycles. The van der Waals surface area contributed by atoms with Crippen LogP contribution in [0.1, 0.15) is 80.4 Å². The number of anilines is 1. The molecule has 1 saturated carbocycles. The van der Waals surface area contributed by atoms with Gasteiger partial charge < -0.3 is 19.6 Å². The van der Waals surface area contributed by atoms with Gasteiger partial charge in [-0.1, -0.05) is 6.92 Å². The number of methoxy groups -OCH3 is 1. The highest BCUT2D eigenvalue weighted by Gasteiger charge is 2.35. The van der Waals surface area contributed by atoms with E-state index >= 15 is 0 Å². The van der Waals surface area contributed by atoms with Crippen molar-refractivity contribution in [1.82, 2.24) is 4.90 Å². The summed E-state index contributed by atoms with van der Waals surface area (Å²) >= 11 is 1.49. The Bertz CT molecular complexity index is 805. The van der Waals surface area contributed by atoms with Crippen LogP contribution in [0.25, 0.3) is 0 Å². The number of carbonyl (C=O) groups is 3. The summed E-state index contributed by atoms with van der Waals surface area (Å²) in [7, 11) is 1.36. The fourth-order valence-electron chi connectivity index (χ4n) is 4.68. The quantitative estimate of drug-likeness (QED) is 0.641. The van der Waals surface area contributed by atoms with Gasteiger partial charge in [0.2, 0.25) is 5.91 Å². The van der Waals surface area contributed by atoms with Gasteiger partial charge in [-0.05, 0) is 70.3 Å². The second-order valence-electron chi connectivity index (χ2n) is 9.16. The molecule has 7 nitrogen and oxygen atoms in total. The number of rotatable bonds is 5. The summed E-state index contributed by atoms with van der Waals surface area (Å²) in [5, 5.41) is 9.87. The summed E-state index contributed by atoms with van der Waals surface area (Å²) in [5.74, 6) is 0.496. The lowest BCUT2D eigenvalue weighted by Crippen LogP contribution is -2.42. The van der Waals surface area contributed by atoms with E-state index in [4.69, 9.17) is 4.74 Å². The molecule has 0 aromatic carbocycles. The lowest BCUT2D eigenvalue weighted by atomic mass is 9.82. The van der Waals surface area contributed by atoms with Crippen molar-refractivity contribution in [2.24, 2.45) is 11.8 Å². The largest absolute Gasteiger partial charge is 0.465 e. The van der Waals surface area contributed by atoms with Gasteiger partial charge >= 0.3 is 12.1 Å². The number of likely N-dealkylation sites (tertiary alicyclic amines) is 1. The third kappa shape index (κ3) is 5.22. The third-order valence-electron chi connectivity index (χ3n) is 6.64. The van der Waals surface area contributed by atoms with Crippen molar-refractivity contribution in [3.05, 3.63) is 16.5 Å². The summed E-state index contributed by atoms with van der Waals surface area (Å²) in [6.45, 7) is 7.16. The lowest BCUT2D eigenvalue weighted by Gasteiger charge is -2.33. The molecular formula is C23H34N2O5S. The zero-order valence-corrected chi connectivity index (χ0v) is 19.7.